The summed E-state index contributed by atoms with van der Waals surface area (Å²) in [4.78, 5) is 78.5. The molecule has 5 aromatic rings. The molecule has 2 N–H and O–H groups in total. The van der Waals surface area contributed by atoms with E-state index in [1.54, 1.807) is 0 Å². The van der Waals surface area contributed by atoms with E-state index in [9.17, 15) is 39.0 Å². The molecule has 0 saturated carbocycles. The molecule has 0 aliphatic carbocycles. The van der Waals surface area contributed by atoms with Crippen LogP contribution in [0, 0.1) is 0 Å². The van der Waals surface area contributed by atoms with Gasteiger partial charge in [0.05, 0.1) is 47.6 Å². The maximum atomic E-state index is 13.3. The highest BCUT2D eigenvalue weighted by Crippen LogP contribution is 2.24. The zero-order chi connectivity index (χ0) is 30.3. The number of hydrogen-bond donors (Lipinski definition) is 2. The van der Waals surface area contributed by atoms with Crippen molar-refractivity contribution in [2.24, 2.45) is 0 Å². The molecule has 5 rings (SSSR count). The van der Waals surface area contributed by atoms with Gasteiger partial charge in [0.15, 0.2) is 0 Å². The number of ether oxygens (including phenoxy) is 2. The number of methoxy groups -OCH3 is 2. The number of phenolic OH excluding ortho intramolecular Hbond substituents is 2. The second-order valence-corrected chi connectivity index (χ2v) is 9.72. The van der Waals surface area contributed by atoms with E-state index in [2.05, 4.69) is 0 Å². The van der Waals surface area contributed by atoms with Gasteiger partial charge < -0.3 is 19.7 Å². The molecule has 0 aliphatic heterocycles. The van der Waals surface area contributed by atoms with E-state index in [0.717, 1.165) is 23.4 Å². The quantitative estimate of drug-likeness (QED) is 0.258. The molecule has 42 heavy (non-hydrogen) atoms. The van der Waals surface area contributed by atoms with Gasteiger partial charge in [-0.3, -0.25) is 37.9 Å². The number of aromatic hydroxyl groups is 2. The van der Waals surface area contributed by atoms with Gasteiger partial charge in [0.2, 0.25) is 0 Å². The van der Waals surface area contributed by atoms with Crippen LogP contribution in [0.4, 0.5) is 0 Å². The number of rotatable bonds is 8. The summed E-state index contributed by atoms with van der Waals surface area (Å²) in [5.41, 5.74) is -2.26. The summed E-state index contributed by atoms with van der Waals surface area (Å²) >= 11 is 0. The number of carbonyl (C=O) groups excluding carboxylic acids is 2. The van der Waals surface area contributed by atoms with E-state index >= 15 is 0 Å². The van der Waals surface area contributed by atoms with Gasteiger partial charge in [0.25, 0.3) is 22.2 Å². The van der Waals surface area contributed by atoms with Crippen molar-refractivity contribution in [1.29, 1.82) is 0 Å². The average Bonchev–Trinajstić information content (AvgIpc) is 3.37. The van der Waals surface area contributed by atoms with Gasteiger partial charge in [-0.2, -0.15) is 0 Å². The molecule has 0 spiro atoms. The molecule has 0 saturated heterocycles. The fourth-order valence-corrected chi connectivity index (χ4v) is 5.10. The molecule has 2 atom stereocenters. The van der Waals surface area contributed by atoms with Crippen molar-refractivity contribution in [3.63, 3.8) is 0 Å². The number of carbonyl (C=O) groups is 2. The Labute approximate surface area is 235 Å². The lowest BCUT2D eigenvalue weighted by Gasteiger charge is -2.15. The van der Waals surface area contributed by atoms with Crippen LogP contribution in [-0.4, -0.2) is 45.5 Å². The highest BCUT2D eigenvalue weighted by Gasteiger charge is 2.28. The summed E-state index contributed by atoms with van der Waals surface area (Å²) in [6.07, 6.45) is 0. The zero-order valence-electron chi connectivity index (χ0n) is 22.4. The van der Waals surface area contributed by atoms with Crippen molar-refractivity contribution >= 4 is 33.5 Å². The predicted octanol–water partition coefficient (Wildman–Crippen LogP) is 1.24. The van der Waals surface area contributed by atoms with Gasteiger partial charge >= 0.3 is 11.9 Å². The van der Waals surface area contributed by atoms with Crippen molar-refractivity contribution in [2.45, 2.75) is 24.9 Å². The van der Waals surface area contributed by atoms with Gasteiger partial charge in [0, 0.05) is 13.1 Å². The minimum atomic E-state index is -1.06. The van der Waals surface area contributed by atoms with Crippen molar-refractivity contribution in [3.05, 3.63) is 113 Å². The van der Waals surface area contributed by atoms with Gasteiger partial charge in [-0.25, -0.2) is 0 Å². The van der Waals surface area contributed by atoms with Crippen LogP contribution < -0.4 is 22.2 Å². The van der Waals surface area contributed by atoms with Crippen molar-refractivity contribution in [3.8, 4) is 11.5 Å². The highest BCUT2D eigenvalue weighted by atomic mass is 16.5. The van der Waals surface area contributed by atoms with Crippen LogP contribution in [0.25, 0.3) is 21.5 Å². The summed E-state index contributed by atoms with van der Waals surface area (Å²) in [7, 11) is 2.33. The maximum Gasteiger partial charge on any atom is 0.314 e. The smallest absolute Gasteiger partial charge is 0.314 e. The second kappa shape index (κ2) is 10.8. The Morgan fingerprint density at radius 1 is 0.595 bits per heavy atom. The summed E-state index contributed by atoms with van der Waals surface area (Å²) in [6.45, 7) is -0.758. The Morgan fingerprint density at radius 2 is 0.881 bits per heavy atom. The summed E-state index contributed by atoms with van der Waals surface area (Å²) in [6, 6.07) is 13.6. The molecule has 2 heterocycles. The molecule has 0 fully saturated rings. The van der Waals surface area contributed by atoms with Crippen LogP contribution >= 0.6 is 0 Å². The SMILES string of the molecule is COC(=O)[C@@H](Cn1c(=O)c2cc3c(=O)n(C[C@H](C(=O)OC)c4ccc(O)cc4)c(=O)c3cc2c1=O)c1ccc(O)cc1. The van der Waals surface area contributed by atoms with Gasteiger partial charge in [0.1, 0.15) is 11.5 Å². The fourth-order valence-electron chi connectivity index (χ4n) is 5.10. The van der Waals surface area contributed by atoms with E-state index < -0.39 is 46.0 Å². The van der Waals surface area contributed by atoms with Crippen LogP contribution in [0.5, 0.6) is 11.5 Å². The second-order valence-electron chi connectivity index (χ2n) is 9.72. The molecule has 0 unspecified atom stereocenters. The lowest BCUT2D eigenvalue weighted by Crippen LogP contribution is -2.32. The van der Waals surface area contributed by atoms with Gasteiger partial charge in [-0.05, 0) is 47.5 Å². The predicted molar refractivity (Wildman–Crippen MR) is 151 cm³/mol. The zero-order valence-corrected chi connectivity index (χ0v) is 22.4. The number of phenols is 2. The molecule has 0 amide bonds. The molecule has 214 valence electrons. The lowest BCUT2D eigenvalue weighted by molar-refractivity contribution is -0.143. The number of aromatic nitrogens is 2. The highest BCUT2D eigenvalue weighted by molar-refractivity contribution is 5.98. The third-order valence-corrected chi connectivity index (χ3v) is 7.35. The largest absolute Gasteiger partial charge is 0.508 e. The minimum Gasteiger partial charge on any atom is -0.508 e. The van der Waals surface area contributed by atoms with E-state index in [1.807, 2.05) is 0 Å². The Kier molecular flexibility index (Phi) is 7.21. The molecule has 0 radical (unpaired) electrons. The van der Waals surface area contributed by atoms with Gasteiger partial charge in [-0.1, -0.05) is 24.3 Å². The van der Waals surface area contributed by atoms with Crippen molar-refractivity contribution in [1.82, 2.24) is 9.13 Å². The van der Waals surface area contributed by atoms with Crippen molar-refractivity contribution < 1.29 is 29.3 Å². The van der Waals surface area contributed by atoms with Crippen LogP contribution in [0.2, 0.25) is 0 Å². The lowest BCUT2D eigenvalue weighted by atomic mass is 9.99. The minimum absolute atomic E-state index is 0.0398. The average molecular weight is 573 g/mol. The molecular weight excluding hydrogens is 548 g/mol. The Bertz CT molecular complexity index is 1820. The van der Waals surface area contributed by atoms with Crippen molar-refractivity contribution in [2.75, 3.05) is 14.2 Å². The summed E-state index contributed by atoms with van der Waals surface area (Å²) in [5.74, 6) is -3.62. The monoisotopic (exact) mass is 572 g/mol. The van der Waals surface area contributed by atoms with Gasteiger partial charge in [-0.15, -0.1) is 0 Å². The summed E-state index contributed by atoms with van der Waals surface area (Å²) in [5, 5.41) is 18.7. The van der Waals surface area contributed by atoms with Crippen LogP contribution in [-0.2, 0) is 32.2 Å². The molecule has 2 aromatic heterocycles. The number of esters is 2. The van der Waals surface area contributed by atoms with Crippen LogP contribution in [0.3, 0.4) is 0 Å². The standard InChI is InChI=1S/C30H24N2O10/c1-41-29(39)23(15-3-7-17(33)8-4-15)13-31-25(35)19-11-21-22(12-20(19)26(31)36)28(38)32(27(21)37)14-24(30(40)42-2)16-5-9-18(34)10-6-16/h3-12,23-24,33-34H,13-14H2,1-2H3/t23-,24-/m0/s1. The number of hydrogen-bond acceptors (Lipinski definition) is 10. The first-order valence-corrected chi connectivity index (χ1v) is 12.7. The molecule has 3 aromatic carbocycles. The molecule has 0 aliphatic rings. The number of benzene rings is 3. The third-order valence-electron chi connectivity index (χ3n) is 7.35. The first-order valence-electron chi connectivity index (χ1n) is 12.7. The molecule has 0 bridgehead atoms. The first-order chi connectivity index (χ1) is 20.0. The maximum absolute atomic E-state index is 13.3. The van der Waals surface area contributed by atoms with Crippen LogP contribution in [0.15, 0.2) is 79.8 Å². The first kappa shape index (κ1) is 28.0. The van der Waals surface area contributed by atoms with E-state index in [4.69, 9.17) is 9.47 Å². The fraction of sp³-hybridized carbons (Fsp3) is 0.200. The molecular formula is C30H24N2O10. The molecule has 12 heteroatoms. The van der Waals surface area contributed by atoms with E-state index in [1.165, 1.54) is 60.7 Å². The Balaban J connectivity index is 1.60. The summed E-state index contributed by atoms with van der Waals surface area (Å²) < 4.78 is 11.4. The Hall–Kier alpha value is -5.52. The number of fused-ring (bicyclic) bond motifs is 2. The Morgan fingerprint density at radius 3 is 1.14 bits per heavy atom. The number of nitrogens with zero attached hydrogens (tertiary/aromatic N) is 2. The van der Waals surface area contributed by atoms with Crippen LogP contribution in [0.1, 0.15) is 23.0 Å². The van der Waals surface area contributed by atoms with E-state index in [0.29, 0.717) is 11.1 Å². The topological polar surface area (TPSA) is 171 Å². The third kappa shape index (κ3) is 4.72. The van der Waals surface area contributed by atoms with E-state index in [-0.39, 0.29) is 46.1 Å². The normalized spacial score (nSPS) is 12.8. The molecule has 12 nitrogen and oxygen atoms in total.